The van der Waals surface area contributed by atoms with Gasteiger partial charge in [0.1, 0.15) is 0 Å². The first kappa shape index (κ1) is 16.3. The van der Waals surface area contributed by atoms with Crippen LogP contribution in [0.25, 0.3) is 0 Å². The van der Waals surface area contributed by atoms with Crippen LogP contribution in [-0.4, -0.2) is 27.7 Å². The van der Waals surface area contributed by atoms with Crippen LogP contribution in [-0.2, 0) is 15.6 Å². The van der Waals surface area contributed by atoms with Gasteiger partial charge in [-0.1, -0.05) is 29.8 Å². The highest BCUT2D eigenvalue weighted by Crippen LogP contribution is 2.32. The fourth-order valence-corrected chi connectivity index (χ4v) is 4.67. The molecule has 5 heteroatoms. The van der Waals surface area contributed by atoms with Gasteiger partial charge in [0, 0.05) is 11.4 Å². The summed E-state index contributed by atoms with van der Waals surface area (Å²) >= 11 is 1.54. The SMILES string of the molecule is Cc1ccc(SCC(=O)N2C[C@@H](C)[S@@](=O)c3ccccc32)cc1. The van der Waals surface area contributed by atoms with Crippen molar-refractivity contribution in [3.05, 3.63) is 54.1 Å². The highest BCUT2D eigenvalue weighted by molar-refractivity contribution is 8.00. The Balaban J connectivity index is 1.76. The number of amides is 1. The third kappa shape index (κ3) is 3.51. The van der Waals surface area contributed by atoms with E-state index < -0.39 is 10.8 Å². The number of benzene rings is 2. The number of carbonyl (C=O) groups is 1. The zero-order valence-electron chi connectivity index (χ0n) is 13.2. The van der Waals surface area contributed by atoms with Crippen molar-refractivity contribution in [2.24, 2.45) is 0 Å². The van der Waals surface area contributed by atoms with Gasteiger partial charge >= 0.3 is 0 Å². The van der Waals surface area contributed by atoms with Crippen molar-refractivity contribution in [3.63, 3.8) is 0 Å². The van der Waals surface area contributed by atoms with Gasteiger partial charge in [0.2, 0.25) is 5.91 Å². The average molecular weight is 345 g/mol. The molecule has 120 valence electrons. The van der Waals surface area contributed by atoms with Gasteiger partial charge in [0.25, 0.3) is 0 Å². The molecular weight excluding hydrogens is 326 g/mol. The fourth-order valence-electron chi connectivity index (χ4n) is 2.58. The molecule has 1 aliphatic rings. The van der Waals surface area contributed by atoms with Crippen LogP contribution < -0.4 is 4.90 Å². The van der Waals surface area contributed by atoms with E-state index in [4.69, 9.17) is 0 Å². The van der Waals surface area contributed by atoms with Crippen LogP contribution in [0.1, 0.15) is 12.5 Å². The molecule has 0 spiro atoms. The number of nitrogens with zero attached hydrogens (tertiary/aromatic N) is 1. The van der Waals surface area contributed by atoms with E-state index in [0.717, 1.165) is 15.5 Å². The molecule has 3 rings (SSSR count). The maximum atomic E-state index is 12.7. The van der Waals surface area contributed by atoms with E-state index >= 15 is 0 Å². The quantitative estimate of drug-likeness (QED) is 0.797. The summed E-state index contributed by atoms with van der Waals surface area (Å²) in [6.07, 6.45) is 0. The summed E-state index contributed by atoms with van der Waals surface area (Å²) in [6.45, 7) is 4.49. The van der Waals surface area contributed by atoms with E-state index in [0.29, 0.717) is 12.3 Å². The average Bonchev–Trinajstić information content (AvgIpc) is 2.57. The highest BCUT2D eigenvalue weighted by Gasteiger charge is 2.30. The number of thioether (sulfide) groups is 1. The smallest absolute Gasteiger partial charge is 0.237 e. The lowest BCUT2D eigenvalue weighted by Gasteiger charge is -2.32. The molecule has 3 nitrogen and oxygen atoms in total. The first-order chi connectivity index (χ1) is 11.1. The van der Waals surface area contributed by atoms with E-state index in [-0.39, 0.29) is 11.2 Å². The second kappa shape index (κ2) is 6.89. The van der Waals surface area contributed by atoms with Gasteiger partial charge in [0.05, 0.1) is 32.4 Å². The Hall–Kier alpha value is -1.59. The molecule has 1 amide bonds. The monoisotopic (exact) mass is 345 g/mol. The summed E-state index contributed by atoms with van der Waals surface area (Å²) in [6, 6.07) is 15.7. The molecule has 0 bridgehead atoms. The Morgan fingerprint density at radius 2 is 1.91 bits per heavy atom. The molecule has 2 aromatic rings. The van der Waals surface area contributed by atoms with Crippen LogP contribution in [0, 0.1) is 6.92 Å². The minimum absolute atomic E-state index is 0.0433. The number of para-hydroxylation sites is 1. The number of hydrogen-bond acceptors (Lipinski definition) is 3. The molecule has 23 heavy (non-hydrogen) atoms. The van der Waals surface area contributed by atoms with E-state index in [1.807, 2.05) is 62.4 Å². The summed E-state index contributed by atoms with van der Waals surface area (Å²) in [5.41, 5.74) is 2.00. The molecule has 0 aliphatic carbocycles. The molecule has 2 aromatic carbocycles. The van der Waals surface area contributed by atoms with E-state index in [1.54, 1.807) is 16.7 Å². The second-order valence-corrected chi connectivity index (χ2v) is 8.57. The van der Waals surface area contributed by atoms with Crippen LogP contribution in [0.3, 0.4) is 0 Å². The topological polar surface area (TPSA) is 37.4 Å². The van der Waals surface area contributed by atoms with Gasteiger partial charge in [-0.05, 0) is 38.1 Å². The van der Waals surface area contributed by atoms with Gasteiger partial charge in [-0.2, -0.15) is 0 Å². The summed E-state index contributed by atoms with van der Waals surface area (Å²) in [5, 5.41) is -0.0433. The van der Waals surface area contributed by atoms with E-state index in [2.05, 4.69) is 0 Å². The van der Waals surface area contributed by atoms with Crippen molar-refractivity contribution in [2.75, 3.05) is 17.2 Å². The Morgan fingerprint density at radius 3 is 2.65 bits per heavy atom. The number of anilines is 1. The standard InChI is InChI=1S/C18H19NO2S2/c1-13-7-9-15(10-8-13)22-12-18(20)19-11-14(2)23(21)17-6-4-3-5-16(17)19/h3-10,14H,11-12H2,1-2H3/t14-,23-/m1/s1. The molecule has 0 fully saturated rings. The molecule has 1 aliphatic heterocycles. The molecule has 0 N–H and O–H groups in total. The maximum Gasteiger partial charge on any atom is 0.237 e. The van der Waals surface area contributed by atoms with Crippen molar-refractivity contribution in [1.29, 1.82) is 0 Å². The number of aryl methyl sites for hydroxylation is 1. The van der Waals surface area contributed by atoms with Crippen LogP contribution in [0.2, 0.25) is 0 Å². The van der Waals surface area contributed by atoms with Gasteiger partial charge in [-0.25, -0.2) is 0 Å². The first-order valence-corrected chi connectivity index (χ1v) is 9.75. The third-order valence-electron chi connectivity index (χ3n) is 3.86. The van der Waals surface area contributed by atoms with Crippen molar-refractivity contribution < 1.29 is 9.00 Å². The minimum atomic E-state index is -1.04. The number of carbonyl (C=O) groups excluding carboxylic acids is 1. The molecule has 0 saturated carbocycles. The zero-order chi connectivity index (χ0) is 16.4. The van der Waals surface area contributed by atoms with Crippen molar-refractivity contribution >= 4 is 34.2 Å². The van der Waals surface area contributed by atoms with Crippen LogP contribution >= 0.6 is 11.8 Å². The van der Waals surface area contributed by atoms with E-state index in [1.165, 1.54) is 5.56 Å². The molecule has 0 aromatic heterocycles. The lowest BCUT2D eigenvalue weighted by atomic mass is 10.2. The molecule has 0 saturated heterocycles. The molecule has 2 atom stereocenters. The van der Waals surface area contributed by atoms with Gasteiger partial charge in [-0.3, -0.25) is 9.00 Å². The van der Waals surface area contributed by atoms with Crippen molar-refractivity contribution in [3.8, 4) is 0 Å². The predicted molar refractivity (Wildman–Crippen MR) is 96.6 cm³/mol. The number of rotatable bonds is 3. The predicted octanol–water partition coefficient (Wildman–Crippen LogP) is 3.63. The summed E-state index contributed by atoms with van der Waals surface area (Å²) < 4.78 is 12.4. The molecule has 0 unspecified atom stereocenters. The fraction of sp³-hybridized carbons (Fsp3) is 0.278. The molecule has 0 radical (unpaired) electrons. The third-order valence-corrected chi connectivity index (χ3v) is 6.52. The van der Waals surface area contributed by atoms with Crippen LogP contribution in [0.5, 0.6) is 0 Å². The number of fused-ring (bicyclic) bond motifs is 1. The maximum absolute atomic E-state index is 12.7. The minimum Gasteiger partial charge on any atom is -0.309 e. The van der Waals surface area contributed by atoms with Gasteiger partial charge in [0.15, 0.2) is 0 Å². The second-order valence-electron chi connectivity index (χ2n) is 5.68. The molecular formula is C18H19NO2S2. The summed E-state index contributed by atoms with van der Waals surface area (Å²) in [7, 11) is -1.04. The highest BCUT2D eigenvalue weighted by atomic mass is 32.2. The summed E-state index contributed by atoms with van der Waals surface area (Å²) in [4.78, 5) is 16.3. The number of hydrogen-bond donors (Lipinski definition) is 0. The lowest BCUT2D eigenvalue weighted by molar-refractivity contribution is -0.116. The van der Waals surface area contributed by atoms with E-state index in [9.17, 15) is 9.00 Å². The Morgan fingerprint density at radius 1 is 1.22 bits per heavy atom. The lowest BCUT2D eigenvalue weighted by Crippen LogP contribution is -2.43. The Bertz CT molecular complexity index is 743. The summed E-state index contributed by atoms with van der Waals surface area (Å²) in [5.74, 6) is 0.447. The molecule has 1 heterocycles. The van der Waals surface area contributed by atoms with Crippen molar-refractivity contribution in [1.82, 2.24) is 0 Å². The van der Waals surface area contributed by atoms with Gasteiger partial charge < -0.3 is 4.90 Å². The van der Waals surface area contributed by atoms with Crippen molar-refractivity contribution in [2.45, 2.75) is 28.9 Å². The van der Waals surface area contributed by atoms with Gasteiger partial charge in [-0.15, -0.1) is 11.8 Å². The normalized spacial score (nSPS) is 20.2. The van der Waals surface area contributed by atoms with Crippen LogP contribution in [0.4, 0.5) is 5.69 Å². The Labute approximate surface area is 143 Å². The largest absolute Gasteiger partial charge is 0.309 e. The Kier molecular flexibility index (Phi) is 4.87. The first-order valence-electron chi connectivity index (χ1n) is 7.55. The zero-order valence-corrected chi connectivity index (χ0v) is 14.8. The van der Waals surface area contributed by atoms with Crippen LogP contribution in [0.15, 0.2) is 58.3 Å².